The van der Waals surface area contributed by atoms with Gasteiger partial charge in [0.2, 0.25) is 5.91 Å². The van der Waals surface area contributed by atoms with Gasteiger partial charge in [-0.05, 0) is 66.5 Å². The highest BCUT2D eigenvalue weighted by Gasteiger charge is 2.34. The Morgan fingerprint density at radius 3 is 2.41 bits per heavy atom. The monoisotopic (exact) mass is 541 g/mol. The van der Waals surface area contributed by atoms with E-state index < -0.39 is 29.3 Å². The van der Waals surface area contributed by atoms with Gasteiger partial charge in [0.15, 0.2) is 5.69 Å². The number of aromatic nitrogens is 2. The Kier molecular flexibility index (Phi) is 8.52. The van der Waals surface area contributed by atoms with Gasteiger partial charge in [0.25, 0.3) is 5.56 Å². The first kappa shape index (κ1) is 28.1. The second-order valence-electron chi connectivity index (χ2n) is 9.95. The fourth-order valence-corrected chi connectivity index (χ4v) is 5.19. The number of hydrogen-bond acceptors (Lipinski definition) is 4. The van der Waals surface area contributed by atoms with Crippen molar-refractivity contribution < 1.29 is 27.9 Å². The highest BCUT2D eigenvalue weighted by Crippen LogP contribution is 2.38. The smallest absolute Gasteiger partial charge is 0.435 e. The maximum Gasteiger partial charge on any atom is 0.435 e. The summed E-state index contributed by atoms with van der Waals surface area (Å²) in [5.41, 5.74) is 1.90. The number of rotatable bonds is 9. The van der Waals surface area contributed by atoms with Crippen LogP contribution in [0.4, 0.5) is 18.9 Å². The maximum atomic E-state index is 13.6. The molecule has 0 radical (unpaired) electrons. The van der Waals surface area contributed by atoms with Gasteiger partial charge in [-0.25, -0.2) is 4.68 Å². The Bertz CT molecular complexity index is 1390. The van der Waals surface area contributed by atoms with Crippen molar-refractivity contribution in [1.29, 1.82) is 0 Å². The minimum absolute atomic E-state index is 0.00255. The van der Waals surface area contributed by atoms with Crippen LogP contribution in [-0.2, 0) is 28.7 Å². The number of anilines is 1. The highest BCUT2D eigenvalue weighted by atomic mass is 19.4. The number of carboxylic acid groups (broad SMARTS) is 1. The van der Waals surface area contributed by atoms with Gasteiger partial charge in [-0.3, -0.25) is 14.4 Å². The predicted molar refractivity (Wildman–Crippen MR) is 140 cm³/mol. The summed E-state index contributed by atoms with van der Waals surface area (Å²) in [6.07, 6.45) is -0.433. The zero-order chi connectivity index (χ0) is 28.2. The Balaban J connectivity index is 1.55. The number of amides is 1. The van der Waals surface area contributed by atoms with Crippen LogP contribution in [-0.4, -0.2) is 26.8 Å². The van der Waals surface area contributed by atoms with Crippen LogP contribution in [0.5, 0.6) is 0 Å². The van der Waals surface area contributed by atoms with Crippen molar-refractivity contribution in [3.8, 4) is 0 Å². The van der Waals surface area contributed by atoms with Crippen molar-refractivity contribution in [1.82, 2.24) is 9.78 Å². The molecule has 39 heavy (non-hydrogen) atoms. The molecule has 1 aliphatic carbocycles. The van der Waals surface area contributed by atoms with Crippen molar-refractivity contribution in [3.05, 3.63) is 92.9 Å². The van der Waals surface area contributed by atoms with Gasteiger partial charge >= 0.3 is 12.1 Å². The molecule has 1 atom stereocenters. The second kappa shape index (κ2) is 11.8. The zero-order valence-electron chi connectivity index (χ0n) is 21.5. The lowest BCUT2D eigenvalue weighted by Crippen LogP contribution is -2.27. The van der Waals surface area contributed by atoms with Crippen molar-refractivity contribution in [2.24, 2.45) is 5.92 Å². The molecule has 1 aliphatic rings. The molecule has 0 aliphatic heterocycles. The maximum absolute atomic E-state index is 13.6. The Hall–Kier alpha value is -3.95. The standard InChI is InChI=1S/C29H30F3N3O4/c1-18-20(13-16-26(37)38)7-4-8-23(18)33-28(39)27(21-5-2-3-6-21)22-11-9-19(10-12-22)17-35-25(36)15-14-24(34-35)29(30,31)32/h4,7-12,14-15,21,27H,2-3,5-6,13,16-17H2,1H3,(H,33,39)(H,37,38)/t27-/m0/s1. The van der Waals surface area contributed by atoms with Crippen molar-refractivity contribution in [2.75, 3.05) is 5.32 Å². The van der Waals surface area contributed by atoms with Crippen molar-refractivity contribution >= 4 is 17.6 Å². The fourth-order valence-electron chi connectivity index (χ4n) is 5.19. The number of carbonyl (C=O) groups excluding carboxylic acids is 1. The molecule has 0 saturated heterocycles. The molecule has 1 fully saturated rings. The summed E-state index contributed by atoms with van der Waals surface area (Å²) in [4.78, 5) is 36.7. The molecule has 0 bridgehead atoms. The van der Waals surface area contributed by atoms with Crippen LogP contribution < -0.4 is 10.9 Å². The molecule has 3 aromatic rings. The number of nitrogens with one attached hydrogen (secondary N) is 1. The average molecular weight is 542 g/mol. The lowest BCUT2D eigenvalue weighted by atomic mass is 9.83. The van der Waals surface area contributed by atoms with Gasteiger partial charge in [0.1, 0.15) is 0 Å². The molecule has 2 aromatic carbocycles. The molecule has 1 heterocycles. The number of alkyl halides is 3. The van der Waals surface area contributed by atoms with E-state index in [4.69, 9.17) is 5.11 Å². The summed E-state index contributed by atoms with van der Waals surface area (Å²) in [6.45, 7) is 1.72. The number of carboxylic acids is 1. The van der Waals surface area contributed by atoms with E-state index in [1.165, 1.54) is 0 Å². The molecular weight excluding hydrogens is 511 g/mol. The Morgan fingerprint density at radius 1 is 1.08 bits per heavy atom. The topological polar surface area (TPSA) is 101 Å². The third kappa shape index (κ3) is 6.93. The average Bonchev–Trinajstić information content (AvgIpc) is 3.40. The molecule has 0 spiro atoms. The number of hydrogen-bond donors (Lipinski definition) is 2. The van der Waals surface area contributed by atoms with E-state index in [-0.39, 0.29) is 24.8 Å². The largest absolute Gasteiger partial charge is 0.481 e. The number of nitrogens with zero attached hydrogens (tertiary/aromatic N) is 2. The van der Waals surface area contributed by atoms with E-state index >= 15 is 0 Å². The van der Waals surface area contributed by atoms with Gasteiger partial charge in [-0.1, -0.05) is 49.2 Å². The number of aliphatic carboxylic acids is 1. The third-order valence-corrected chi connectivity index (χ3v) is 7.29. The first-order valence-corrected chi connectivity index (χ1v) is 12.9. The predicted octanol–water partition coefficient (Wildman–Crippen LogP) is 5.55. The first-order valence-electron chi connectivity index (χ1n) is 12.9. The highest BCUT2D eigenvalue weighted by molar-refractivity contribution is 5.96. The summed E-state index contributed by atoms with van der Waals surface area (Å²) in [7, 11) is 0. The van der Waals surface area contributed by atoms with E-state index in [0.29, 0.717) is 23.7 Å². The van der Waals surface area contributed by atoms with E-state index in [1.807, 2.05) is 13.0 Å². The summed E-state index contributed by atoms with van der Waals surface area (Å²) in [5.74, 6) is -1.34. The van der Waals surface area contributed by atoms with Crippen LogP contribution in [0, 0.1) is 12.8 Å². The third-order valence-electron chi connectivity index (χ3n) is 7.29. The Morgan fingerprint density at radius 2 is 1.77 bits per heavy atom. The quantitative estimate of drug-likeness (QED) is 0.370. The van der Waals surface area contributed by atoms with Gasteiger partial charge in [-0.15, -0.1) is 0 Å². The lowest BCUT2D eigenvalue weighted by molar-refractivity contribution is -0.142. The molecule has 4 rings (SSSR count). The SMILES string of the molecule is Cc1c(CCC(=O)O)cccc1NC(=O)[C@H](c1ccc(Cn2nc(C(F)(F)F)ccc2=O)cc1)C1CCCC1. The molecular formula is C29H30F3N3O4. The van der Waals surface area contributed by atoms with Crippen molar-refractivity contribution in [3.63, 3.8) is 0 Å². The summed E-state index contributed by atoms with van der Waals surface area (Å²) in [6, 6.07) is 13.9. The normalized spacial score (nSPS) is 14.8. The van der Waals surface area contributed by atoms with E-state index in [1.54, 1.807) is 36.4 Å². The summed E-state index contributed by atoms with van der Waals surface area (Å²) >= 11 is 0. The molecule has 1 amide bonds. The van der Waals surface area contributed by atoms with Crippen LogP contribution in [0.1, 0.15) is 66.0 Å². The van der Waals surface area contributed by atoms with Crippen LogP contribution in [0.25, 0.3) is 0 Å². The van der Waals surface area contributed by atoms with E-state index in [9.17, 15) is 27.6 Å². The molecule has 0 unspecified atom stereocenters. The van der Waals surface area contributed by atoms with Gasteiger partial charge in [-0.2, -0.15) is 18.3 Å². The molecule has 206 valence electrons. The molecule has 10 heteroatoms. The lowest BCUT2D eigenvalue weighted by Gasteiger charge is -2.24. The number of carbonyl (C=O) groups is 2. The fraction of sp³-hybridized carbons (Fsp3) is 0.379. The van der Waals surface area contributed by atoms with Crippen LogP contribution >= 0.6 is 0 Å². The zero-order valence-corrected chi connectivity index (χ0v) is 21.5. The van der Waals surface area contributed by atoms with Gasteiger partial charge < -0.3 is 10.4 Å². The molecule has 7 nitrogen and oxygen atoms in total. The minimum atomic E-state index is -4.66. The van der Waals surface area contributed by atoms with Gasteiger partial charge in [0.05, 0.1) is 12.5 Å². The number of benzene rings is 2. The molecule has 1 aromatic heterocycles. The van der Waals surface area contributed by atoms with Crippen LogP contribution in [0.15, 0.2) is 59.4 Å². The molecule has 2 N–H and O–H groups in total. The number of halogens is 3. The van der Waals surface area contributed by atoms with E-state index in [0.717, 1.165) is 53.1 Å². The second-order valence-corrected chi connectivity index (χ2v) is 9.95. The van der Waals surface area contributed by atoms with Gasteiger partial charge in [0, 0.05) is 18.2 Å². The summed E-state index contributed by atoms with van der Waals surface area (Å²) in [5, 5.41) is 15.5. The summed E-state index contributed by atoms with van der Waals surface area (Å²) < 4.78 is 39.9. The van der Waals surface area contributed by atoms with Crippen molar-refractivity contribution in [2.45, 2.75) is 64.1 Å². The Labute approximate surface area is 223 Å². The van der Waals surface area contributed by atoms with Crippen LogP contribution in [0.2, 0.25) is 0 Å². The van der Waals surface area contributed by atoms with Crippen LogP contribution in [0.3, 0.4) is 0 Å². The molecule has 1 saturated carbocycles. The first-order chi connectivity index (χ1) is 18.5. The number of aryl methyl sites for hydroxylation is 1. The minimum Gasteiger partial charge on any atom is -0.481 e. The van der Waals surface area contributed by atoms with E-state index in [2.05, 4.69) is 10.4 Å².